The summed E-state index contributed by atoms with van der Waals surface area (Å²) in [6.07, 6.45) is 6.27. The molecule has 0 aliphatic carbocycles. The molecule has 0 spiro atoms. The molecule has 0 radical (unpaired) electrons. The van der Waals surface area contributed by atoms with Crippen molar-refractivity contribution in [2.45, 2.75) is 90.6 Å². The van der Waals surface area contributed by atoms with Crippen molar-refractivity contribution in [3.8, 4) is 12.3 Å². The standard InChI is InChI=1S/C21H40O5/c1-10-11-24-12-13-25-19(5,6)15-21(9,16-22)26-20(7,8)17(2)14-18(3,4)23/h1,17,22-23H,11-16H2,2-9H3. The van der Waals surface area contributed by atoms with Crippen molar-refractivity contribution in [3.05, 3.63) is 0 Å². The zero-order chi connectivity index (χ0) is 20.6. The third-order valence-electron chi connectivity index (χ3n) is 4.54. The average Bonchev–Trinajstić information content (AvgIpc) is 2.43. The molecule has 0 heterocycles. The highest BCUT2D eigenvalue weighted by Gasteiger charge is 2.41. The summed E-state index contributed by atoms with van der Waals surface area (Å²) in [6, 6.07) is 0. The largest absolute Gasteiger partial charge is 0.393 e. The maximum Gasteiger partial charge on any atom is 0.107 e. The van der Waals surface area contributed by atoms with Gasteiger partial charge in [-0.15, -0.1) is 6.42 Å². The molecule has 0 aromatic heterocycles. The summed E-state index contributed by atoms with van der Waals surface area (Å²) in [4.78, 5) is 0. The topological polar surface area (TPSA) is 68.2 Å². The first-order chi connectivity index (χ1) is 11.7. The van der Waals surface area contributed by atoms with Gasteiger partial charge in [0.2, 0.25) is 0 Å². The van der Waals surface area contributed by atoms with Crippen molar-refractivity contribution >= 4 is 0 Å². The van der Waals surface area contributed by atoms with Crippen LogP contribution < -0.4 is 0 Å². The van der Waals surface area contributed by atoms with Crippen molar-refractivity contribution in [1.82, 2.24) is 0 Å². The lowest BCUT2D eigenvalue weighted by Gasteiger charge is -2.44. The molecule has 0 rings (SSSR count). The molecule has 26 heavy (non-hydrogen) atoms. The Kier molecular flexibility index (Phi) is 9.81. The molecule has 2 N–H and O–H groups in total. The van der Waals surface area contributed by atoms with Crippen LogP contribution in [0.5, 0.6) is 0 Å². The number of aliphatic hydroxyl groups is 2. The van der Waals surface area contributed by atoms with Crippen LogP contribution in [0.15, 0.2) is 0 Å². The van der Waals surface area contributed by atoms with E-state index < -0.39 is 22.4 Å². The van der Waals surface area contributed by atoms with Gasteiger partial charge >= 0.3 is 0 Å². The zero-order valence-electron chi connectivity index (χ0n) is 18.0. The number of ether oxygens (including phenoxy) is 3. The minimum absolute atomic E-state index is 0.106. The van der Waals surface area contributed by atoms with E-state index in [9.17, 15) is 10.2 Å². The van der Waals surface area contributed by atoms with Crippen molar-refractivity contribution in [2.24, 2.45) is 5.92 Å². The van der Waals surface area contributed by atoms with Gasteiger partial charge in [0.05, 0.1) is 42.2 Å². The van der Waals surface area contributed by atoms with Crippen LogP contribution in [0.1, 0.15) is 68.2 Å². The van der Waals surface area contributed by atoms with Crippen LogP contribution in [0.25, 0.3) is 0 Å². The Morgan fingerprint density at radius 3 is 2.08 bits per heavy atom. The predicted molar refractivity (Wildman–Crippen MR) is 105 cm³/mol. The molecule has 0 aliphatic heterocycles. The molecule has 0 fully saturated rings. The third kappa shape index (κ3) is 10.5. The molecular weight excluding hydrogens is 332 g/mol. The van der Waals surface area contributed by atoms with Gasteiger partial charge in [-0.25, -0.2) is 0 Å². The second-order valence-electron chi connectivity index (χ2n) is 9.27. The van der Waals surface area contributed by atoms with Crippen LogP contribution in [-0.4, -0.2) is 59.0 Å². The zero-order valence-corrected chi connectivity index (χ0v) is 18.0. The first-order valence-corrected chi connectivity index (χ1v) is 9.35. The smallest absolute Gasteiger partial charge is 0.107 e. The van der Waals surface area contributed by atoms with Crippen molar-refractivity contribution in [2.75, 3.05) is 26.4 Å². The number of aliphatic hydroxyl groups excluding tert-OH is 1. The summed E-state index contributed by atoms with van der Waals surface area (Å²) in [5.74, 6) is 2.52. The number of hydrogen-bond acceptors (Lipinski definition) is 5. The van der Waals surface area contributed by atoms with Gasteiger partial charge in [0, 0.05) is 6.42 Å². The van der Waals surface area contributed by atoms with E-state index in [1.165, 1.54) is 0 Å². The Bertz CT molecular complexity index is 444. The minimum Gasteiger partial charge on any atom is -0.393 e. The Balaban J connectivity index is 4.85. The molecule has 2 unspecified atom stereocenters. The van der Waals surface area contributed by atoms with E-state index in [1.54, 1.807) is 13.8 Å². The summed E-state index contributed by atoms with van der Waals surface area (Å²) < 4.78 is 17.5. The lowest BCUT2D eigenvalue weighted by atomic mass is 9.82. The molecule has 0 amide bonds. The highest BCUT2D eigenvalue weighted by molar-refractivity contribution is 4.90. The Morgan fingerprint density at radius 1 is 1.04 bits per heavy atom. The fourth-order valence-electron chi connectivity index (χ4n) is 3.31. The van der Waals surface area contributed by atoms with Crippen LogP contribution in [0.4, 0.5) is 0 Å². The molecular formula is C21H40O5. The highest BCUT2D eigenvalue weighted by Crippen LogP contribution is 2.36. The van der Waals surface area contributed by atoms with E-state index in [1.807, 2.05) is 34.6 Å². The molecule has 0 aromatic rings. The normalized spacial score (nSPS) is 16.8. The van der Waals surface area contributed by atoms with Crippen LogP contribution in [0.2, 0.25) is 0 Å². The first kappa shape index (κ1) is 25.4. The van der Waals surface area contributed by atoms with Crippen LogP contribution in [0.3, 0.4) is 0 Å². The van der Waals surface area contributed by atoms with Crippen molar-refractivity contribution in [3.63, 3.8) is 0 Å². The van der Waals surface area contributed by atoms with Crippen LogP contribution >= 0.6 is 0 Å². The van der Waals surface area contributed by atoms with Crippen LogP contribution in [-0.2, 0) is 14.2 Å². The van der Waals surface area contributed by atoms with E-state index >= 15 is 0 Å². The summed E-state index contributed by atoms with van der Waals surface area (Å²) >= 11 is 0. The average molecular weight is 373 g/mol. The number of rotatable bonds is 13. The van der Waals surface area contributed by atoms with Gasteiger partial charge in [-0.2, -0.15) is 0 Å². The predicted octanol–water partition coefficient (Wildman–Crippen LogP) is 3.16. The third-order valence-corrected chi connectivity index (χ3v) is 4.54. The maximum absolute atomic E-state index is 10.1. The second kappa shape index (κ2) is 10.1. The van der Waals surface area contributed by atoms with Gasteiger partial charge in [0.1, 0.15) is 6.61 Å². The van der Waals surface area contributed by atoms with E-state index in [4.69, 9.17) is 20.6 Å². The van der Waals surface area contributed by atoms with E-state index in [2.05, 4.69) is 12.8 Å². The van der Waals surface area contributed by atoms with Crippen molar-refractivity contribution < 1.29 is 24.4 Å². The fourth-order valence-corrected chi connectivity index (χ4v) is 3.31. The van der Waals surface area contributed by atoms with E-state index in [-0.39, 0.29) is 19.1 Å². The SMILES string of the molecule is C#CCOCCOC(C)(C)CC(C)(CO)OC(C)(C)C(C)CC(C)(C)O. The fraction of sp³-hybridized carbons (Fsp3) is 0.905. The lowest BCUT2D eigenvalue weighted by molar-refractivity contribution is -0.202. The molecule has 2 atom stereocenters. The molecule has 5 heteroatoms. The molecule has 154 valence electrons. The van der Waals surface area contributed by atoms with Gasteiger partial charge in [0.25, 0.3) is 0 Å². The Hall–Kier alpha value is -0.640. The maximum atomic E-state index is 10.1. The van der Waals surface area contributed by atoms with Crippen LogP contribution in [0, 0.1) is 18.3 Å². The first-order valence-electron chi connectivity index (χ1n) is 9.35. The monoisotopic (exact) mass is 372 g/mol. The van der Waals surface area contributed by atoms with Crippen molar-refractivity contribution in [1.29, 1.82) is 0 Å². The molecule has 0 bridgehead atoms. The lowest BCUT2D eigenvalue weighted by Crippen LogP contribution is -2.50. The summed E-state index contributed by atoms with van der Waals surface area (Å²) in [7, 11) is 0. The molecule has 0 aliphatic rings. The molecule has 0 saturated heterocycles. The summed E-state index contributed by atoms with van der Waals surface area (Å²) in [6.45, 7) is 16.5. The minimum atomic E-state index is -0.767. The van der Waals surface area contributed by atoms with E-state index in [0.717, 1.165) is 0 Å². The second-order valence-corrected chi connectivity index (χ2v) is 9.27. The van der Waals surface area contributed by atoms with Gasteiger partial charge in [0.15, 0.2) is 0 Å². The van der Waals surface area contributed by atoms with E-state index in [0.29, 0.717) is 26.1 Å². The summed E-state index contributed by atoms with van der Waals surface area (Å²) in [5.41, 5.74) is -2.53. The molecule has 0 saturated carbocycles. The number of hydrogen-bond donors (Lipinski definition) is 2. The quantitative estimate of drug-likeness (QED) is 0.384. The highest BCUT2D eigenvalue weighted by atomic mass is 16.5. The van der Waals surface area contributed by atoms with Gasteiger partial charge < -0.3 is 24.4 Å². The Morgan fingerprint density at radius 2 is 1.62 bits per heavy atom. The summed E-state index contributed by atoms with van der Waals surface area (Å²) in [5, 5.41) is 20.1. The van der Waals surface area contributed by atoms with Gasteiger partial charge in [-0.1, -0.05) is 12.8 Å². The van der Waals surface area contributed by atoms with Gasteiger partial charge in [-0.3, -0.25) is 0 Å². The number of terminal acetylenes is 1. The Labute approximate surface area is 160 Å². The molecule has 5 nitrogen and oxygen atoms in total. The van der Waals surface area contributed by atoms with Gasteiger partial charge in [-0.05, 0) is 60.8 Å². The molecule has 0 aromatic carbocycles.